The minimum Gasteiger partial charge on any atom is -1.00 e. The summed E-state index contributed by atoms with van der Waals surface area (Å²) in [6.07, 6.45) is 0.956. The van der Waals surface area contributed by atoms with Gasteiger partial charge in [0.2, 0.25) is 0 Å². The van der Waals surface area contributed by atoms with Gasteiger partial charge in [-0.3, -0.25) is 9.79 Å². The van der Waals surface area contributed by atoms with E-state index in [1.165, 1.54) is 0 Å². The number of hydrogen-bond donors (Lipinski definition) is 4. The first-order valence-electron chi connectivity index (χ1n) is 3.58. The van der Waals surface area contributed by atoms with E-state index in [2.05, 4.69) is 4.99 Å². The van der Waals surface area contributed by atoms with E-state index in [1.54, 1.807) is 0 Å². The number of hydrogen-bond acceptors (Lipinski definition) is 3. The Balaban J connectivity index is -0.000000605. The first-order valence-corrected chi connectivity index (χ1v) is 3.58. The number of nitrogens with two attached hydrogens (primary N) is 3. The average molecular weight is 214 g/mol. The summed E-state index contributed by atoms with van der Waals surface area (Å²) in [5.41, 5.74) is 15.3. The van der Waals surface area contributed by atoms with Crippen LogP contribution in [0.15, 0.2) is 4.99 Å². The van der Waals surface area contributed by atoms with Crippen molar-refractivity contribution in [3.63, 3.8) is 0 Å². The summed E-state index contributed by atoms with van der Waals surface area (Å²) in [5.74, 6) is -0.987. The van der Waals surface area contributed by atoms with E-state index in [4.69, 9.17) is 22.3 Å². The van der Waals surface area contributed by atoms with Crippen LogP contribution in [-0.4, -0.2) is 29.6 Å². The van der Waals surface area contributed by atoms with E-state index in [0.29, 0.717) is 19.4 Å². The van der Waals surface area contributed by atoms with Crippen molar-refractivity contribution in [3.05, 3.63) is 0 Å². The Hall–Kier alpha value is 0.336. The van der Waals surface area contributed by atoms with Crippen molar-refractivity contribution in [3.8, 4) is 0 Å². The zero-order valence-electron chi connectivity index (χ0n) is 8.73. The van der Waals surface area contributed by atoms with Gasteiger partial charge in [0.05, 0.1) is 0 Å². The molecule has 13 heavy (non-hydrogen) atoms. The molecule has 0 radical (unpaired) electrons. The summed E-state index contributed by atoms with van der Waals surface area (Å²) in [6, 6.07) is -0.820. The van der Waals surface area contributed by atoms with Crippen molar-refractivity contribution in [2.75, 3.05) is 6.54 Å². The van der Waals surface area contributed by atoms with Crippen LogP contribution in [0.3, 0.4) is 0 Å². The van der Waals surface area contributed by atoms with Gasteiger partial charge in [-0.25, -0.2) is 0 Å². The zero-order valence-corrected chi connectivity index (χ0v) is 10.9. The number of nitrogens with zero attached hydrogens (tertiary/aromatic N) is 1. The second-order valence-corrected chi connectivity index (χ2v) is 2.39. The summed E-state index contributed by atoms with van der Waals surface area (Å²) in [4.78, 5) is 13.9. The quantitative estimate of drug-likeness (QED) is 0.159. The maximum Gasteiger partial charge on any atom is 1.00 e. The van der Waals surface area contributed by atoms with Crippen LogP contribution in [-0.2, 0) is 4.79 Å². The molecule has 0 aromatic carbocycles. The molecule has 0 saturated carbocycles. The van der Waals surface area contributed by atoms with Crippen LogP contribution in [0.25, 0.3) is 0 Å². The molecule has 1 unspecified atom stereocenters. The number of guanidine groups is 1. The van der Waals surface area contributed by atoms with Crippen molar-refractivity contribution in [2.45, 2.75) is 18.9 Å². The Morgan fingerprint density at radius 2 is 2.08 bits per heavy atom. The SMILES string of the molecule is NC(N)=NCCCC(N)C(=O)O.[H-].[K+]. The first-order chi connectivity index (χ1) is 5.54. The third-order valence-corrected chi connectivity index (χ3v) is 1.28. The molecule has 0 rings (SSSR count). The molecule has 7 heteroatoms. The smallest absolute Gasteiger partial charge is 1.00 e. The Kier molecular flexibility index (Phi) is 10.8. The summed E-state index contributed by atoms with van der Waals surface area (Å²) < 4.78 is 0. The van der Waals surface area contributed by atoms with E-state index in [0.717, 1.165) is 0 Å². The van der Waals surface area contributed by atoms with E-state index in [-0.39, 0.29) is 58.8 Å². The molecular weight excluding hydrogens is 199 g/mol. The summed E-state index contributed by atoms with van der Waals surface area (Å²) >= 11 is 0. The minimum absolute atomic E-state index is 0. The predicted molar refractivity (Wildman–Crippen MR) is 46.6 cm³/mol. The first kappa shape index (κ1) is 15.8. The van der Waals surface area contributed by atoms with Gasteiger partial charge in [0.15, 0.2) is 5.96 Å². The second kappa shape index (κ2) is 8.91. The van der Waals surface area contributed by atoms with Gasteiger partial charge in [0.1, 0.15) is 6.04 Å². The number of aliphatic carboxylic acids is 1. The van der Waals surface area contributed by atoms with Crippen LogP contribution in [0.1, 0.15) is 14.3 Å². The molecule has 0 saturated heterocycles. The van der Waals surface area contributed by atoms with Gasteiger partial charge in [-0.05, 0) is 12.8 Å². The van der Waals surface area contributed by atoms with Gasteiger partial charge >= 0.3 is 57.4 Å². The van der Waals surface area contributed by atoms with E-state index >= 15 is 0 Å². The van der Waals surface area contributed by atoms with Gasteiger partial charge in [0.25, 0.3) is 0 Å². The van der Waals surface area contributed by atoms with Gasteiger partial charge in [-0.2, -0.15) is 0 Å². The number of carboxylic acids is 1. The Labute approximate surface area is 121 Å². The Morgan fingerprint density at radius 1 is 1.54 bits per heavy atom. The Morgan fingerprint density at radius 3 is 2.46 bits per heavy atom. The van der Waals surface area contributed by atoms with E-state index < -0.39 is 12.0 Å². The normalized spacial score (nSPS) is 11.2. The monoisotopic (exact) mass is 214 g/mol. The van der Waals surface area contributed by atoms with E-state index in [9.17, 15) is 4.79 Å². The van der Waals surface area contributed by atoms with Crippen molar-refractivity contribution >= 4 is 11.9 Å². The third kappa shape index (κ3) is 10.3. The van der Waals surface area contributed by atoms with Crippen LogP contribution in [0.4, 0.5) is 0 Å². The predicted octanol–water partition coefficient (Wildman–Crippen LogP) is -4.43. The van der Waals surface area contributed by atoms with Crippen molar-refractivity contribution in [1.82, 2.24) is 0 Å². The summed E-state index contributed by atoms with van der Waals surface area (Å²) in [7, 11) is 0. The van der Waals surface area contributed by atoms with Crippen molar-refractivity contribution < 1.29 is 62.7 Å². The number of carbonyl (C=O) groups is 1. The molecule has 0 aliphatic heterocycles. The molecule has 72 valence electrons. The van der Waals surface area contributed by atoms with Crippen LogP contribution in [0.2, 0.25) is 0 Å². The fourth-order valence-corrected chi connectivity index (χ4v) is 0.643. The van der Waals surface area contributed by atoms with Crippen molar-refractivity contribution in [2.24, 2.45) is 22.2 Å². The van der Waals surface area contributed by atoms with Crippen LogP contribution in [0.5, 0.6) is 0 Å². The number of aliphatic imine (C=N–C) groups is 1. The van der Waals surface area contributed by atoms with Crippen LogP contribution in [0, 0.1) is 0 Å². The molecule has 7 N–H and O–H groups in total. The Bertz CT molecular complexity index is 187. The van der Waals surface area contributed by atoms with Crippen molar-refractivity contribution in [1.29, 1.82) is 0 Å². The van der Waals surface area contributed by atoms with Gasteiger partial charge < -0.3 is 23.7 Å². The fourth-order valence-electron chi connectivity index (χ4n) is 0.643. The maximum atomic E-state index is 10.2. The molecule has 0 aliphatic rings. The van der Waals surface area contributed by atoms with Crippen LogP contribution < -0.4 is 68.6 Å². The second-order valence-electron chi connectivity index (χ2n) is 2.39. The molecule has 0 fully saturated rings. The van der Waals surface area contributed by atoms with Gasteiger partial charge in [-0.1, -0.05) is 0 Å². The molecule has 0 spiro atoms. The molecular formula is C6H15KN4O2. The van der Waals surface area contributed by atoms with E-state index in [1.807, 2.05) is 0 Å². The number of rotatable bonds is 5. The molecule has 1 atom stereocenters. The van der Waals surface area contributed by atoms with Crippen LogP contribution >= 0.6 is 0 Å². The molecule has 6 nitrogen and oxygen atoms in total. The fraction of sp³-hybridized carbons (Fsp3) is 0.667. The number of carboxylic acid groups (broad SMARTS) is 1. The molecule has 0 aliphatic carbocycles. The third-order valence-electron chi connectivity index (χ3n) is 1.28. The largest absolute Gasteiger partial charge is 1.00 e. The molecule has 0 amide bonds. The maximum absolute atomic E-state index is 10.2. The topological polar surface area (TPSA) is 128 Å². The standard InChI is InChI=1S/C6H14N4O2.K.H/c7-4(5(11)12)2-1-3-10-6(8)9;;/h4H,1-3,7H2,(H,11,12)(H4,8,9,10);;/q;+1;-1. The zero-order chi connectivity index (χ0) is 9.56. The minimum atomic E-state index is -1.00. The van der Waals surface area contributed by atoms with Gasteiger partial charge in [0, 0.05) is 6.54 Å². The molecule has 0 aromatic rings. The average Bonchev–Trinajstić information content (AvgIpc) is 1.97. The summed E-state index contributed by atoms with van der Waals surface area (Å²) in [6.45, 7) is 0.420. The van der Waals surface area contributed by atoms with Gasteiger partial charge in [-0.15, -0.1) is 0 Å². The molecule has 0 bridgehead atoms. The molecule has 0 heterocycles. The summed E-state index contributed by atoms with van der Waals surface area (Å²) in [5, 5.41) is 8.38. The molecule has 0 aromatic heterocycles.